The molecule has 1 unspecified atom stereocenters. The Balaban J connectivity index is 1.37. The standard InChI is InChI=1S/C28H32N4O7S/c1-28(2,12-13-32-18-29-22-15-26(39-27(34)35)25(38-3)16-23(22)32)30-17-24(33)19-8-7-9-20(14-19)31-40(36,37)21-10-5-4-6-11-21/h4-11,14-16,18,24,30-31,33H,12-13,17H2,1-3H3,(H,34,35). The third-order valence-electron chi connectivity index (χ3n) is 6.43. The van der Waals surface area contributed by atoms with Gasteiger partial charge in [-0.15, -0.1) is 0 Å². The van der Waals surface area contributed by atoms with E-state index in [0.717, 1.165) is 5.52 Å². The van der Waals surface area contributed by atoms with E-state index in [1.807, 2.05) is 18.4 Å². The second kappa shape index (κ2) is 11.9. The largest absolute Gasteiger partial charge is 0.511 e. The van der Waals surface area contributed by atoms with Gasteiger partial charge in [-0.1, -0.05) is 30.3 Å². The van der Waals surface area contributed by atoms with Gasteiger partial charge in [-0.05, 0) is 50.1 Å². The summed E-state index contributed by atoms with van der Waals surface area (Å²) in [6.07, 6.45) is 0.0399. The molecule has 0 spiro atoms. The minimum absolute atomic E-state index is 0.0701. The van der Waals surface area contributed by atoms with Gasteiger partial charge in [-0.2, -0.15) is 0 Å². The fourth-order valence-electron chi connectivity index (χ4n) is 4.18. The number of nitrogens with one attached hydrogen (secondary N) is 2. The van der Waals surface area contributed by atoms with Crippen molar-refractivity contribution >= 4 is 32.9 Å². The zero-order valence-electron chi connectivity index (χ0n) is 22.4. The highest BCUT2D eigenvalue weighted by Gasteiger charge is 2.21. The third kappa shape index (κ3) is 7.08. The number of carbonyl (C=O) groups is 1. The summed E-state index contributed by atoms with van der Waals surface area (Å²) < 4.78 is 39.9. The summed E-state index contributed by atoms with van der Waals surface area (Å²) in [5, 5.41) is 23.2. The summed E-state index contributed by atoms with van der Waals surface area (Å²) >= 11 is 0. The molecule has 4 aromatic rings. The van der Waals surface area contributed by atoms with Gasteiger partial charge in [-0.3, -0.25) is 4.72 Å². The zero-order valence-corrected chi connectivity index (χ0v) is 23.2. The molecule has 1 atom stereocenters. The summed E-state index contributed by atoms with van der Waals surface area (Å²) in [4.78, 5) is 15.5. The van der Waals surface area contributed by atoms with Gasteiger partial charge >= 0.3 is 6.16 Å². The first-order chi connectivity index (χ1) is 19.0. The van der Waals surface area contributed by atoms with Crippen LogP contribution in [0.1, 0.15) is 31.9 Å². The van der Waals surface area contributed by atoms with Gasteiger partial charge < -0.3 is 29.6 Å². The highest BCUT2D eigenvalue weighted by molar-refractivity contribution is 7.92. The van der Waals surface area contributed by atoms with Crippen LogP contribution in [-0.2, 0) is 16.6 Å². The van der Waals surface area contributed by atoms with Gasteiger partial charge in [0.15, 0.2) is 11.5 Å². The Labute approximate surface area is 232 Å². The number of benzene rings is 3. The number of imidazole rings is 1. The molecule has 0 aliphatic rings. The molecular weight excluding hydrogens is 536 g/mol. The maximum atomic E-state index is 12.7. The van der Waals surface area contributed by atoms with E-state index in [4.69, 9.17) is 14.6 Å². The number of hydrogen-bond donors (Lipinski definition) is 4. The molecule has 0 saturated heterocycles. The van der Waals surface area contributed by atoms with E-state index < -0.39 is 22.3 Å². The van der Waals surface area contributed by atoms with E-state index in [-0.39, 0.29) is 28.5 Å². The van der Waals surface area contributed by atoms with Crippen LogP contribution in [0.3, 0.4) is 0 Å². The minimum atomic E-state index is -3.74. The molecule has 12 heteroatoms. The van der Waals surface area contributed by atoms with Crippen molar-refractivity contribution in [3.63, 3.8) is 0 Å². The number of ether oxygens (including phenoxy) is 2. The third-order valence-corrected chi connectivity index (χ3v) is 7.83. The summed E-state index contributed by atoms with van der Waals surface area (Å²) in [5.41, 5.74) is 1.89. The topological polar surface area (TPSA) is 152 Å². The number of aliphatic hydroxyl groups excluding tert-OH is 1. The number of aryl methyl sites for hydroxylation is 1. The number of β-amino-alcohol motifs (C(OH)–C–C–N with tert-alkyl or cyclic N) is 1. The fraction of sp³-hybridized carbons (Fsp3) is 0.286. The molecule has 40 heavy (non-hydrogen) atoms. The molecule has 0 saturated carbocycles. The van der Waals surface area contributed by atoms with E-state index in [9.17, 15) is 18.3 Å². The van der Waals surface area contributed by atoms with Crippen molar-refractivity contribution in [3.8, 4) is 11.5 Å². The van der Waals surface area contributed by atoms with E-state index in [1.54, 1.807) is 54.9 Å². The predicted molar refractivity (Wildman–Crippen MR) is 150 cm³/mol. The Kier molecular flexibility index (Phi) is 8.62. The first-order valence-electron chi connectivity index (χ1n) is 12.5. The monoisotopic (exact) mass is 568 g/mol. The Hall–Kier alpha value is -4.13. The van der Waals surface area contributed by atoms with Gasteiger partial charge in [0.25, 0.3) is 10.0 Å². The van der Waals surface area contributed by atoms with Gasteiger partial charge in [0.2, 0.25) is 0 Å². The lowest BCUT2D eigenvalue weighted by Crippen LogP contribution is -2.42. The maximum absolute atomic E-state index is 12.7. The van der Waals surface area contributed by atoms with E-state index >= 15 is 0 Å². The number of carboxylic acid groups (broad SMARTS) is 1. The zero-order chi connectivity index (χ0) is 28.9. The van der Waals surface area contributed by atoms with Gasteiger partial charge in [0.1, 0.15) is 0 Å². The van der Waals surface area contributed by atoms with Crippen LogP contribution in [0.25, 0.3) is 11.0 Å². The van der Waals surface area contributed by atoms with Gasteiger partial charge in [-0.25, -0.2) is 18.2 Å². The molecule has 11 nitrogen and oxygen atoms in total. The van der Waals surface area contributed by atoms with Crippen LogP contribution >= 0.6 is 0 Å². The first-order valence-corrected chi connectivity index (χ1v) is 14.0. The van der Waals surface area contributed by atoms with Crippen molar-refractivity contribution in [3.05, 3.63) is 78.6 Å². The molecule has 4 rings (SSSR count). The summed E-state index contributed by atoms with van der Waals surface area (Å²) in [5.74, 6) is 0.353. The SMILES string of the molecule is COc1cc2c(cc1OC(=O)O)ncn2CCC(C)(C)NCC(O)c1cccc(NS(=O)(=O)c2ccccc2)c1. The first kappa shape index (κ1) is 28.9. The minimum Gasteiger partial charge on any atom is -0.493 e. The van der Waals surface area contributed by atoms with E-state index in [2.05, 4.69) is 15.0 Å². The molecule has 1 heterocycles. The number of aromatic nitrogens is 2. The second-order valence-corrected chi connectivity index (χ2v) is 11.6. The van der Waals surface area contributed by atoms with Crippen LogP contribution in [0.15, 0.2) is 78.0 Å². The second-order valence-electron chi connectivity index (χ2n) is 9.87. The summed E-state index contributed by atoms with van der Waals surface area (Å²) in [6, 6.07) is 18.0. The molecule has 3 aromatic carbocycles. The van der Waals surface area contributed by atoms with E-state index in [1.165, 1.54) is 25.3 Å². The van der Waals surface area contributed by atoms with Crippen LogP contribution in [-0.4, -0.2) is 53.5 Å². The fourth-order valence-corrected chi connectivity index (χ4v) is 5.25. The molecule has 0 bridgehead atoms. The molecule has 0 amide bonds. The molecule has 0 aliphatic carbocycles. The lowest BCUT2D eigenvalue weighted by molar-refractivity contribution is 0.143. The average molecular weight is 569 g/mol. The quantitative estimate of drug-likeness (QED) is 0.144. The number of anilines is 1. The number of rotatable bonds is 12. The normalized spacial score (nSPS) is 12.7. The Bertz CT molecular complexity index is 1590. The van der Waals surface area contributed by atoms with Crippen molar-refractivity contribution < 1.29 is 32.9 Å². The molecule has 0 fully saturated rings. The number of nitrogens with zero attached hydrogens (tertiary/aromatic N) is 2. The van der Waals surface area contributed by atoms with Crippen LogP contribution in [0.4, 0.5) is 10.5 Å². The molecule has 0 aliphatic heterocycles. The lowest BCUT2D eigenvalue weighted by Gasteiger charge is -2.28. The van der Waals surface area contributed by atoms with Crippen LogP contribution in [0, 0.1) is 0 Å². The predicted octanol–water partition coefficient (Wildman–Crippen LogP) is 4.39. The van der Waals surface area contributed by atoms with Crippen molar-refractivity contribution in [2.24, 2.45) is 0 Å². The van der Waals surface area contributed by atoms with Gasteiger partial charge in [0, 0.05) is 36.4 Å². The Morgan fingerprint density at radius 2 is 1.82 bits per heavy atom. The van der Waals surface area contributed by atoms with E-state index in [0.29, 0.717) is 29.7 Å². The highest BCUT2D eigenvalue weighted by atomic mass is 32.2. The number of sulfonamides is 1. The van der Waals surface area contributed by atoms with Crippen LogP contribution < -0.4 is 19.5 Å². The molecule has 1 aromatic heterocycles. The van der Waals surface area contributed by atoms with Crippen molar-refractivity contribution in [1.82, 2.24) is 14.9 Å². The van der Waals surface area contributed by atoms with Crippen molar-refractivity contribution in [2.75, 3.05) is 18.4 Å². The average Bonchev–Trinajstić information content (AvgIpc) is 3.32. The smallest absolute Gasteiger partial charge is 0.493 e. The lowest BCUT2D eigenvalue weighted by atomic mass is 9.99. The molecule has 0 radical (unpaired) electrons. The summed E-state index contributed by atoms with van der Waals surface area (Å²) in [6.45, 7) is 4.87. The number of aliphatic hydroxyl groups is 1. The number of fused-ring (bicyclic) bond motifs is 1. The molecule has 4 N–H and O–H groups in total. The summed E-state index contributed by atoms with van der Waals surface area (Å²) in [7, 11) is -2.31. The van der Waals surface area contributed by atoms with Crippen molar-refractivity contribution in [1.29, 1.82) is 0 Å². The highest BCUT2D eigenvalue weighted by Crippen LogP contribution is 2.32. The molecule has 212 valence electrons. The van der Waals surface area contributed by atoms with Crippen LogP contribution in [0.2, 0.25) is 0 Å². The van der Waals surface area contributed by atoms with Gasteiger partial charge in [0.05, 0.1) is 35.5 Å². The van der Waals surface area contributed by atoms with Crippen molar-refractivity contribution in [2.45, 2.75) is 43.4 Å². The Morgan fingerprint density at radius 1 is 1.07 bits per heavy atom. The maximum Gasteiger partial charge on any atom is 0.511 e. The molecular formula is C28H32N4O7S. The number of hydrogen-bond acceptors (Lipinski definition) is 8. The van der Waals surface area contributed by atoms with Crippen LogP contribution in [0.5, 0.6) is 11.5 Å². The Morgan fingerprint density at radius 3 is 2.52 bits per heavy atom. The number of methoxy groups -OCH3 is 1.